The number of aliphatic hydroxyl groups is 1. The van der Waals surface area contributed by atoms with Crippen LogP contribution in [0.3, 0.4) is 0 Å². The Morgan fingerprint density at radius 2 is 2.38 bits per heavy atom. The summed E-state index contributed by atoms with van der Waals surface area (Å²) < 4.78 is 4.88. The lowest BCUT2D eigenvalue weighted by molar-refractivity contribution is 0.151. The molecule has 1 atom stereocenters. The molecule has 0 saturated heterocycles. The fraction of sp³-hybridized carbons (Fsp3) is 0.778. The second kappa shape index (κ2) is 3.46. The van der Waals surface area contributed by atoms with E-state index in [-0.39, 0.29) is 0 Å². The molecule has 0 bridgehead atoms. The molecule has 1 heterocycles. The van der Waals surface area contributed by atoms with E-state index in [0.29, 0.717) is 5.89 Å². The third kappa shape index (κ3) is 1.88. The smallest absolute Gasteiger partial charge is 0.255 e. The fourth-order valence-corrected chi connectivity index (χ4v) is 1.48. The molecule has 0 radical (unpaired) electrons. The summed E-state index contributed by atoms with van der Waals surface area (Å²) in [4.78, 5) is 4.10. The molecule has 0 unspecified atom stereocenters. The highest BCUT2D eigenvalue weighted by atomic mass is 16.5. The first-order valence-corrected chi connectivity index (χ1v) is 4.76. The highest BCUT2D eigenvalue weighted by Crippen LogP contribution is 2.29. The van der Waals surface area contributed by atoms with Crippen molar-refractivity contribution in [3.05, 3.63) is 11.7 Å². The summed E-state index contributed by atoms with van der Waals surface area (Å²) in [6, 6.07) is 0. The maximum atomic E-state index is 9.15. The van der Waals surface area contributed by atoms with E-state index in [1.54, 1.807) is 6.92 Å². The van der Waals surface area contributed by atoms with E-state index in [2.05, 4.69) is 10.1 Å². The zero-order valence-electron chi connectivity index (χ0n) is 7.73. The Hall–Kier alpha value is -0.900. The average molecular weight is 182 g/mol. The van der Waals surface area contributed by atoms with Crippen LogP contribution in [0.5, 0.6) is 0 Å². The summed E-state index contributed by atoms with van der Waals surface area (Å²) in [5.41, 5.74) is 0. The van der Waals surface area contributed by atoms with Gasteiger partial charge in [-0.25, -0.2) is 0 Å². The Kier molecular flexibility index (Phi) is 2.31. The number of hydrogen-bond acceptors (Lipinski definition) is 4. The summed E-state index contributed by atoms with van der Waals surface area (Å²) in [5.74, 6) is 1.80. The summed E-state index contributed by atoms with van der Waals surface area (Å²) in [5, 5.41) is 13.0. The van der Waals surface area contributed by atoms with Crippen molar-refractivity contribution in [3.63, 3.8) is 0 Å². The maximum Gasteiger partial charge on any atom is 0.255 e. The standard InChI is InChI=1S/C9H14N2O2/c1-6(12)9-10-8(11-13-9)5-7-3-2-4-7/h6-7,12H,2-5H2,1H3/t6-/m0/s1. The van der Waals surface area contributed by atoms with Gasteiger partial charge in [0.1, 0.15) is 6.10 Å². The van der Waals surface area contributed by atoms with Crippen LogP contribution in [0.1, 0.15) is 44.0 Å². The number of rotatable bonds is 3. The molecule has 0 amide bonds. The van der Waals surface area contributed by atoms with Crippen LogP contribution < -0.4 is 0 Å². The van der Waals surface area contributed by atoms with Gasteiger partial charge in [-0.1, -0.05) is 24.4 Å². The molecule has 13 heavy (non-hydrogen) atoms. The largest absolute Gasteiger partial charge is 0.384 e. The van der Waals surface area contributed by atoms with Crippen LogP contribution in [0.25, 0.3) is 0 Å². The lowest BCUT2D eigenvalue weighted by Crippen LogP contribution is -2.14. The van der Waals surface area contributed by atoms with Crippen molar-refractivity contribution in [2.24, 2.45) is 5.92 Å². The molecule has 1 aromatic heterocycles. The summed E-state index contributed by atoms with van der Waals surface area (Å²) in [6.07, 6.45) is 4.13. The molecule has 1 N–H and O–H groups in total. The van der Waals surface area contributed by atoms with Crippen molar-refractivity contribution in [3.8, 4) is 0 Å². The van der Waals surface area contributed by atoms with Crippen molar-refractivity contribution in [2.75, 3.05) is 0 Å². The lowest BCUT2D eigenvalue weighted by atomic mass is 9.83. The van der Waals surface area contributed by atoms with Gasteiger partial charge in [0.15, 0.2) is 5.82 Å². The summed E-state index contributed by atoms with van der Waals surface area (Å²) in [7, 11) is 0. The maximum absolute atomic E-state index is 9.15. The molecule has 1 aromatic rings. The van der Waals surface area contributed by atoms with E-state index in [1.165, 1.54) is 19.3 Å². The Morgan fingerprint density at radius 3 is 2.85 bits per heavy atom. The average Bonchev–Trinajstić information content (AvgIpc) is 2.44. The minimum Gasteiger partial charge on any atom is -0.384 e. The molecule has 0 aliphatic heterocycles. The van der Waals surface area contributed by atoms with Gasteiger partial charge in [-0.2, -0.15) is 4.98 Å². The van der Waals surface area contributed by atoms with E-state index in [0.717, 1.165) is 18.2 Å². The molecule has 72 valence electrons. The van der Waals surface area contributed by atoms with Gasteiger partial charge in [0, 0.05) is 6.42 Å². The van der Waals surface area contributed by atoms with Gasteiger partial charge in [-0.3, -0.25) is 0 Å². The molecule has 0 spiro atoms. The first-order valence-electron chi connectivity index (χ1n) is 4.76. The highest BCUT2D eigenvalue weighted by molar-refractivity contribution is 4.91. The van der Waals surface area contributed by atoms with E-state index in [9.17, 15) is 0 Å². The first-order chi connectivity index (χ1) is 6.25. The van der Waals surface area contributed by atoms with Crippen molar-refractivity contribution in [1.29, 1.82) is 0 Å². The van der Waals surface area contributed by atoms with Crippen LogP contribution in [-0.4, -0.2) is 15.2 Å². The Morgan fingerprint density at radius 1 is 1.62 bits per heavy atom. The number of aliphatic hydroxyl groups excluding tert-OH is 1. The number of nitrogens with zero attached hydrogens (tertiary/aromatic N) is 2. The topological polar surface area (TPSA) is 59.2 Å². The van der Waals surface area contributed by atoms with Gasteiger partial charge in [0.2, 0.25) is 0 Å². The van der Waals surface area contributed by atoms with Crippen LogP contribution in [-0.2, 0) is 6.42 Å². The third-order valence-electron chi connectivity index (χ3n) is 2.54. The van der Waals surface area contributed by atoms with Crippen LogP contribution in [0.2, 0.25) is 0 Å². The zero-order chi connectivity index (χ0) is 9.26. The molecule has 1 saturated carbocycles. The second-order valence-corrected chi connectivity index (χ2v) is 3.73. The van der Waals surface area contributed by atoms with Crippen molar-refractivity contribution in [1.82, 2.24) is 10.1 Å². The predicted molar refractivity (Wildman–Crippen MR) is 46.0 cm³/mol. The van der Waals surface area contributed by atoms with Crippen LogP contribution in [0, 0.1) is 5.92 Å². The fourth-order valence-electron chi connectivity index (χ4n) is 1.48. The van der Waals surface area contributed by atoms with Crippen molar-refractivity contribution in [2.45, 2.75) is 38.7 Å². The quantitative estimate of drug-likeness (QED) is 0.768. The molecule has 4 nitrogen and oxygen atoms in total. The molecule has 2 rings (SSSR count). The monoisotopic (exact) mass is 182 g/mol. The van der Waals surface area contributed by atoms with Gasteiger partial charge in [-0.05, 0) is 12.8 Å². The third-order valence-corrected chi connectivity index (χ3v) is 2.54. The normalized spacial score (nSPS) is 19.8. The molecule has 1 fully saturated rings. The van der Waals surface area contributed by atoms with Gasteiger partial charge < -0.3 is 9.63 Å². The minimum absolute atomic E-state index is 0.328. The van der Waals surface area contributed by atoms with E-state index in [1.807, 2.05) is 0 Å². The van der Waals surface area contributed by atoms with Gasteiger partial charge in [0.25, 0.3) is 5.89 Å². The van der Waals surface area contributed by atoms with E-state index < -0.39 is 6.10 Å². The van der Waals surface area contributed by atoms with Crippen LogP contribution in [0.4, 0.5) is 0 Å². The number of aromatic nitrogens is 2. The molecule has 4 heteroatoms. The molecule has 1 aliphatic rings. The van der Waals surface area contributed by atoms with Gasteiger partial charge >= 0.3 is 0 Å². The highest BCUT2D eigenvalue weighted by Gasteiger charge is 2.21. The Labute approximate surface area is 77.0 Å². The first kappa shape index (κ1) is 8.69. The Bertz CT molecular complexity index is 279. The van der Waals surface area contributed by atoms with Gasteiger partial charge in [0.05, 0.1) is 0 Å². The molecular weight excluding hydrogens is 168 g/mol. The molecule has 1 aliphatic carbocycles. The number of hydrogen-bond donors (Lipinski definition) is 1. The lowest BCUT2D eigenvalue weighted by Gasteiger charge is -2.23. The zero-order valence-corrected chi connectivity index (χ0v) is 7.73. The van der Waals surface area contributed by atoms with Crippen LogP contribution in [0.15, 0.2) is 4.52 Å². The van der Waals surface area contributed by atoms with Crippen molar-refractivity contribution < 1.29 is 9.63 Å². The second-order valence-electron chi connectivity index (χ2n) is 3.73. The SMILES string of the molecule is C[C@H](O)c1nc(CC2CCC2)no1. The molecular formula is C9H14N2O2. The van der Waals surface area contributed by atoms with Gasteiger partial charge in [-0.15, -0.1) is 0 Å². The van der Waals surface area contributed by atoms with Crippen LogP contribution >= 0.6 is 0 Å². The van der Waals surface area contributed by atoms with Crippen molar-refractivity contribution >= 4 is 0 Å². The predicted octanol–water partition coefficient (Wildman–Crippen LogP) is 1.47. The van der Waals surface area contributed by atoms with E-state index in [4.69, 9.17) is 9.63 Å². The van der Waals surface area contributed by atoms with E-state index >= 15 is 0 Å². The summed E-state index contributed by atoms with van der Waals surface area (Å²) in [6.45, 7) is 1.63. The molecule has 0 aromatic carbocycles. The minimum atomic E-state index is -0.650. The Balaban J connectivity index is 1.96. The summed E-state index contributed by atoms with van der Waals surface area (Å²) >= 11 is 0.